The molecule has 12 aromatic heterocycles. The van der Waals surface area contributed by atoms with E-state index in [-0.39, 0.29) is 28.1 Å². The molecule has 0 aliphatic carbocycles. The van der Waals surface area contributed by atoms with Crippen molar-refractivity contribution in [3.05, 3.63) is 278 Å². The van der Waals surface area contributed by atoms with Crippen LogP contribution in [0, 0.1) is 0 Å². The molecule has 732 valence electrons. The van der Waals surface area contributed by atoms with Gasteiger partial charge in [0.15, 0.2) is 22.6 Å². The molecule has 36 nitrogen and oxygen atoms in total. The molecule has 1 amide bonds. The summed E-state index contributed by atoms with van der Waals surface area (Å²) >= 11 is 0. The minimum atomic E-state index is -0.120. The van der Waals surface area contributed by atoms with Gasteiger partial charge in [-0.05, 0) is 153 Å². The zero-order valence-corrected chi connectivity index (χ0v) is 81.5. The van der Waals surface area contributed by atoms with Gasteiger partial charge in [-0.1, -0.05) is 86.6 Å². The number of piperazine rings is 2. The van der Waals surface area contributed by atoms with Gasteiger partial charge in [-0.15, -0.1) is 0 Å². The van der Waals surface area contributed by atoms with Gasteiger partial charge in [-0.3, -0.25) is 46.5 Å². The van der Waals surface area contributed by atoms with Crippen molar-refractivity contribution in [2.75, 3.05) is 181 Å². The SMILES string of the molecule is CCN1CCN(c2ccc(Nc3ncc4c(n3)n3c(cc5ccccc53)c(=O)n4C)c(OC)c2)CC1.CCN1CCN(c2ccc(Nc3ncc4c(n3)n3c(cc5ccccc53)c(=O)n4C)cc2)CC1.COc1cc(C(=O)N2CCOCC2)ccc1Nc1ncc2c(n1)n1c(cc3ccccc31)c(=O)n2C.Cn1c(=O)c2cc3ccccc3n2c2nc(Nc3ccc(N4CCC(N5CCOCC5)CC4)cc3)ncc21. The second-order valence-corrected chi connectivity index (χ2v) is 36.8. The number of methoxy groups -OCH3 is 2. The Kier molecular flexibility index (Phi) is 25.5. The fourth-order valence-corrected chi connectivity index (χ4v) is 20.5. The average Bonchev–Trinajstić information content (AvgIpc) is 1.58. The van der Waals surface area contributed by atoms with Crippen molar-refractivity contribution < 1.29 is 23.7 Å². The van der Waals surface area contributed by atoms with Gasteiger partial charge >= 0.3 is 0 Å². The molecule has 0 saturated carbocycles. The van der Waals surface area contributed by atoms with E-state index in [4.69, 9.17) is 38.9 Å². The number of fused-ring (bicyclic) bond motifs is 20. The standard InChI is InChI=1S/C29H31N7O2.C27H29N7O2.C26H27N7O.C26H24N6O4/c1-33-26-19-30-29(32-27(26)36-24-5-3-2-4-20(24)18-25(36)28(33)37)31-21-6-8-22(9-7-21)34-12-10-23(11-13-34)35-14-16-38-17-15-35;1-4-32-11-13-33(14-12-32)19-9-10-20(24(16-19)36-3)29-27-28-17-23-25(30-27)34-21-8-6-5-7-18(21)15-22(34)26(35)31(23)2;1-3-31-12-14-32(15-13-31)20-10-8-19(9-11-20)28-26-27-17-23-24(29-26)33-21-7-5-4-6-18(21)16-22(33)25(34)30(23)2;1-30-21-15-27-26(29-23(21)32-19-6-4-3-5-16(19)13-20(32)25(30)34)28-18-8-7-17(14-22(18)35-2)24(33)31-9-11-36-12-10-31/h2-9,18-19,23H,10-17H2,1H3,(H,30,31,32);5-10,15-17H,4,11-14H2,1-3H3,(H,28,29,30);4-11,16-17H,3,12-15H2,1-2H3,(H,27,28,29);3-8,13-15H,9-12H2,1-2H3,(H,27,28,29). The second kappa shape index (κ2) is 39.6. The van der Waals surface area contributed by atoms with Crippen LogP contribution in [0.3, 0.4) is 0 Å². The number of piperidine rings is 1. The summed E-state index contributed by atoms with van der Waals surface area (Å²) in [7, 11) is 10.2. The number of benzene rings is 8. The maximum absolute atomic E-state index is 13.0. The third-order valence-electron chi connectivity index (χ3n) is 28.7. The van der Waals surface area contributed by atoms with E-state index in [0.717, 1.165) is 177 Å². The zero-order chi connectivity index (χ0) is 98.5. The molecule has 5 aliphatic heterocycles. The van der Waals surface area contributed by atoms with Gasteiger partial charge in [0, 0.05) is 187 Å². The number of nitrogens with zero attached hydrogens (tertiary/aromatic N) is 23. The molecule has 8 aromatic carbocycles. The highest BCUT2D eigenvalue weighted by Gasteiger charge is 2.30. The van der Waals surface area contributed by atoms with Crippen molar-refractivity contribution in [1.82, 2.24) is 95.3 Å². The molecule has 5 saturated heterocycles. The first-order valence-electron chi connectivity index (χ1n) is 49.0. The molecule has 0 atom stereocenters. The highest BCUT2D eigenvalue weighted by Crippen LogP contribution is 2.37. The molecule has 0 spiro atoms. The number of para-hydroxylation sites is 4. The normalized spacial score (nSPS) is 15.3. The number of ether oxygens (including phenoxy) is 4. The quantitative estimate of drug-likeness (QED) is 0.0658. The Morgan fingerprint density at radius 1 is 0.340 bits per heavy atom. The molecule has 20 aromatic rings. The van der Waals surface area contributed by atoms with Crippen molar-refractivity contribution in [2.45, 2.75) is 32.7 Å². The Morgan fingerprint density at radius 2 is 0.660 bits per heavy atom. The number of aromatic nitrogens is 16. The number of rotatable bonds is 17. The Hall–Kier alpha value is -16.4. The van der Waals surface area contributed by atoms with Crippen molar-refractivity contribution >= 4 is 180 Å². The summed E-state index contributed by atoms with van der Waals surface area (Å²) in [6.07, 6.45) is 9.12. The first kappa shape index (κ1) is 92.6. The number of morpholine rings is 2. The van der Waals surface area contributed by atoms with E-state index in [9.17, 15) is 24.0 Å². The van der Waals surface area contributed by atoms with Gasteiger partial charge in [0.05, 0.1) is 98.9 Å². The van der Waals surface area contributed by atoms with Crippen LogP contribution >= 0.6 is 0 Å². The van der Waals surface area contributed by atoms with Crippen LogP contribution < -0.4 is 67.7 Å². The Bertz CT molecular complexity index is 8570. The molecule has 5 fully saturated rings. The largest absolute Gasteiger partial charge is 0.495 e. The summed E-state index contributed by atoms with van der Waals surface area (Å²) < 4.78 is 36.2. The molecular formula is C108H111N27O9. The Balaban J connectivity index is 0.000000110. The van der Waals surface area contributed by atoms with E-state index in [1.807, 2.05) is 145 Å². The summed E-state index contributed by atoms with van der Waals surface area (Å²) in [5.74, 6) is 2.92. The van der Waals surface area contributed by atoms with E-state index < -0.39 is 0 Å². The van der Waals surface area contributed by atoms with Gasteiger partial charge in [0.2, 0.25) is 23.8 Å². The molecule has 25 rings (SSSR count). The number of amides is 1. The van der Waals surface area contributed by atoms with E-state index in [2.05, 4.69) is 145 Å². The van der Waals surface area contributed by atoms with Crippen molar-refractivity contribution in [1.29, 1.82) is 0 Å². The summed E-state index contributed by atoms with van der Waals surface area (Å²) in [5, 5.41) is 17.2. The lowest BCUT2D eigenvalue weighted by Gasteiger charge is -2.40. The second-order valence-electron chi connectivity index (χ2n) is 36.8. The lowest BCUT2D eigenvalue weighted by Crippen LogP contribution is -2.49. The van der Waals surface area contributed by atoms with Gasteiger partial charge in [-0.25, -0.2) is 19.9 Å². The van der Waals surface area contributed by atoms with E-state index in [1.165, 1.54) is 24.2 Å². The van der Waals surface area contributed by atoms with Gasteiger partial charge < -0.3 is 87.9 Å². The van der Waals surface area contributed by atoms with Crippen LogP contribution in [-0.2, 0) is 37.7 Å². The number of likely N-dealkylation sites (N-methyl/N-ethyl adjacent to an activating group) is 2. The van der Waals surface area contributed by atoms with Crippen molar-refractivity contribution in [3.63, 3.8) is 0 Å². The third kappa shape index (κ3) is 17.7. The van der Waals surface area contributed by atoms with Crippen LogP contribution in [0.1, 0.15) is 37.0 Å². The predicted octanol–water partition coefficient (Wildman–Crippen LogP) is 14.0. The predicted molar refractivity (Wildman–Crippen MR) is 568 cm³/mol. The zero-order valence-electron chi connectivity index (χ0n) is 81.5. The third-order valence-corrected chi connectivity index (χ3v) is 28.7. The number of carbonyl (C=O) groups is 1. The highest BCUT2D eigenvalue weighted by atomic mass is 16.5. The Morgan fingerprint density at radius 3 is 1.02 bits per heavy atom. The molecule has 4 N–H and O–H groups in total. The molecule has 144 heavy (non-hydrogen) atoms. The van der Waals surface area contributed by atoms with Crippen LogP contribution in [0.25, 0.3) is 110 Å². The summed E-state index contributed by atoms with van der Waals surface area (Å²) in [6.45, 7) is 23.3. The fourth-order valence-electron chi connectivity index (χ4n) is 20.5. The summed E-state index contributed by atoms with van der Waals surface area (Å²) in [6, 6.07) is 68.3. The number of anilines is 11. The number of hydrogen-bond donors (Lipinski definition) is 4. The van der Waals surface area contributed by atoms with Gasteiger partial charge in [0.1, 0.15) is 55.6 Å². The summed E-state index contributed by atoms with van der Waals surface area (Å²) in [5.41, 5.74) is 18.4. The van der Waals surface area contributed by atoms with Crippen molar-refractivity contribution in [2.24, 2.45) is 28.2 Å². The first-order valence-corrected chi connectivity index (χ1v) is 49.0. The van der Waals surface area contributed by atoms with Crippen LogP contribution in [0.15, 0.2) is 250 Å². The van der Waals surface area contributed by atoms with E-state index in [0.29, 0.717) is 140 Å². The number of hydrogen-bond acceptors (Lipinski definition) is 27. The first-order chi connectivity index (χ1) is 70.4. The van der Waals surface area contributed by atoms with Crippen LogP contribution in [0.5, 0.6) is 11.5 Å². The lowest BCUT2D eigenvalue weighted by molar-refractivity contribution is 0.0115. The maximum atomic E-state index is 13.0. The van der Waals surface area contributed by atoms with Gasteiger partial charge in [-0.2, -0.15) is 19.9 Å². The number of carbonyl (C=O) groups excluding carboxylic acids is 1. The molecule has 0 radical (unpaired) electrons. The van der Waals surface area contributed by atoms with Gasteiger partial charge in [0.25, 0.3) is 28.1 Å². The maximum Gasteiger partial charge on any atom is 0.275 e. The van der Waals surface area contributed by atoms with E-state index >= 15 is 0 Å². The smallest absolute Gasteiger partial charge is 0.275 e. The monoisotopic (exact) mass is 1930 g/mol. The lowest BCUT2D eigenvalue weighted by atomic mass is 10.0. The minimum Gasteiger partial charge on any atom is -0.495 e. The number of nitrogens with one attached hydrogen (secondary N) is 4. The van der Waals surface area contributed by atoms with E-state index in [1.54, 1.807) is 109 Å². The molecule has 0 bridgehead atoms. The number of aryl methyl sites for hydroxylation is 4. The molecular weight excluding hydrogens is 1820 g/mol. The molecule has 17 heterocycles. The summed E-state index contributed by atoms with van der Waals surface area (Å²) in [4.78, 5) is 119. The van der Waals surface area contributed by atoms with Crippen molar-refractivity contribution in [3.8, 4) is 11.5 Å². The van der Waals surface area contributed by atoms with Crippen LogP contribution in [0.4, 0.5) is 63.6 Å². The van der Waals surface area contributed by atoms with Crippen LogP contribution in [-0.4, -0.2) is 253 Å². The Labute approximate surface area is 826 Å². The fraction of sp³-hybridized carbons (Fsp3) is 0.287. The topological polar surface area (TPSA) is 334 Å². The van der Waals surface area contributed by atoms with Crippen LogP contribution in [0.2, 0.25) is 0 Å². The average molecular weight is 1930 g/mol. The highest BCUT2D eigenvalue weighted by molar-refractivity contribution is 5.98. The molecule has 5 aliphatic rings. The molecule has 0 unspecified atom stereocenters. The minimum absolute atomic E-state index is 0.0621. The molecule has 36 heteroatoms.